The molecule has 9 heteroatoms. The summed E-state index contributed by atoms with van der Waals surface area (Å²) in [7, 11) is -3.67. The van der Waals surface area contributed by atoms with E-state index in [9.17, 15) is 13.2 Å². The van der Waals surface area contributed by atoms with E-state index >= 15 is 0 Å². The van der Waals surface area contributed by atoms with Crippen LogP contribution in [-0.4, -0.2) is 32.0 Å². The van der Waals surface area contributed by atoms with E-state index in [2.05, 4.69) is 15.0 Å². The standard InChI is InChI=1S/C23H25N3O5S/c1-14(2)20(25-21-16-7-3-4-8-19(16)32(28,29)26-21)22(27)24-15-9-10-17-18(13-15)31-23(30-17)11-5-6-12-23/h3-4,7-10,13-14,20H,5-6,11-12H2,1-2H3,(H,24,27)(H,25,26). The molecule has 1 fully saturated rings. The van der Waals surface area contributed by atoms with Gasteiger partial charge in [-0.05, 0) is 43.0 Å². The highest BCUT2D eigenvalue weighted by Gasteiger charge is 2.44. The van der Waals surface area contributed by atoms with Crippen molar-refractivity contribution in [3.63, 3.8) is 0 Å². The molecule has 0 saturated heterocycles. The Hall–Kier alpha value is -3.07. The first-order valence-electron chi connectivity index (χ1n) is 10.8. The van der Waals surface area contributed by atoms with Crippen LogP contribution in [0.3, 0.4) is 0 Å². The highest BCUT2D eigenvalue weighted by molar-refractivity contribution is 7.90. The number of nitrogens with zero attached hydrogens (tertiary/aromatic N) is 1. The molecule has 0 bridgehead atoms. The number of nitrogens with one attached hydrogen (secondary N) is 2. The largest absolute Gasteiger partial charge is 0.448 e. The number of amides is 1. The Kier molecular flexibility index (Phi) is 4.88. The van der Waals surface area contributed by atoms with Gasteiger partial charge in [-0.1, -0.05) is 26.0 Å². The van der Waals surface area contributed by atoms with Gasteiger partial charge in [-0.2, -0.15) is 0 Å². The zero-order valence-electron chi connectivity index (χ0n) is 17.9. The summed E-state index contributed by atoms with van der Waals surface area (Å²) in [5.41, 5.74) is 1.04. The quantitative estimate of drug-likeness (QED) is 0.735. The first kappa shape index (κ1) is 20.8. The number of carbonyl (C=O) groups is 1. The van der Waals surface area contributed by atoms with Crippen molar-refractivity contribution in [3.05, 3.63) is 48.0 Å². The summed E-state index contributed by atoms with van der Waals surface area (Å²) in [6, 6.07) is 11.1. The van der Waals surface area contributed by atoms with Crippen LogP contribution in [0.15, 0.2) is 52.4 Å². The molecule has 32 heavy (non-hydrogen) atoms. The van der Waals surface area contributed by atoms with E-state index in [1.165, 1.54) is 6.07 Å². The highest BCUT2D eigenvalue weighted by atomic mass is 32.2. The second kappa shape index (κ2) is 7.51. The molecule has 0 radical (unpaired) electrons. The number of hydrogen-bond acceptors (Lipinski definition) is 6. The second-order valence-electron chi connectivity index (χ2n) is 8.74. The van der Waals surface area contributed by atoms with Gasteiger partial charge in [0.2, 0.25) is 5.91 Å². The molecule has 2 aromatic carbocycles. The van der Waals surface area contributed by atoms with Crippen LogP contribution in [-0.2, 0) is 14.8 Å². The molecule has 5 rings (SSSR count). The molecule has 1 spiro atoms. The summed E-state index contributed by atoms with van der Waals surface area (Å²) in [5, 5.41) is 2.89. The smallest absolute Gasteiger partial charge is 0.263 e. The number of fused-ring (bicyclic) bond motifs is 2. The van der Waals surface area contributed by atoms with Crippen LogP contribution in [0.5, 0.6) is 11.5 Å². The van der Waals surface area contributed by atoms with Crippen molar-refractivity contribution < 1.29 is 22.7 Å². The van der Waals surface area contributed by atoms with E-state index in [-0.39, 0.29) is 22.6 Å². The predicted molar refractivity (Wildman–Crippen MR) is 119 cm³/mol. The maximum Gasteiger partial charge on any atom is 0.263 e. The lowest BCUT2D eigenvalue weighted by Gasteiger charge is -2.21. The van der Waals surface area contributed by atoms with Crippen LogP contribution >= 0.6 is 0 Å². The lowest BCUT2D eigenvalue weighted by molar-refractivity contribution is -0.118. The summed E-state index contributed by atoms with van der Waals surface area (Å²) in [4.78, 5) is 17.8. The van der Waals surface area contributed by atoms with Crippen molar-refractivity contribution in [2.24, 2.45) is 10.9 Å². The third-order valence-corrected chi connectivity index (χ3v) is 7.40. The number of hydrogen-bond donors (Lipinski definition) is 2. The first-order chi connectivity index (χ1) is 15.3. The van der Waals surface area contributed by atoms with Crippen molar-refractivity contribution in [2.45, 2.75) is 56.3 Å². The Bertz CT molecular complexity index is 1220. The lowest BCUT2D eigenvalue weighted by Crippen LogP contribution is -2.34. The van der Waals surface area contributed by atoms with Crippen LogP contribution in [0.2, 0.25) is 0 Å². The minimum Gasteiger partial charge on any atom is -0.448 e. The summed E-state index contributed by atoms with van der Waals surface area (Å²) in [6.45, 7) is 3.74. The van der Waals surface area contributed by atoms with Crippen molar-refractivity contribution in [1.29, 1.82) is 0 Å². The van der Waals surface area contributed by atoms with Crippen molar-refractivity contribution in [1.82, 2.24) is 4.72 Å². The summed E-state index contributed by atoms with van der Waals surface area (Å²) in [5.74, 6) is 0.436. The molecule has 2 aliphatic heterocycles. The Labute approximate surface area is 187 Å². The number of sulfonamides is 1. The van der Waals surface area contributed by atoms with Gasteiger partial charge in [-0.25, -0.2) is 8.42 Å². The zero-order chi connectivity index (χ0) is 22.5. The maximum atomic E-state index is 13.1. The summed E-state index contributed by atoms with van der Waals surface area (Å²) < 4.78 is 39.3. The monoisotopic (exact) mass is 455 g/mol. The minimum absolute atomic E-state index is 0.157. The number of benzene rings is 2. The molecule has 1 saturated carbocycles. The van der Waals surface area contributed by atoms with Crippen molar-refractivity contribution in [3.8, 4) is 11.5 Å². The fraction of sp³-hybridized carbons (Fsp3) is 0.391. The third kappa shape index (κ3) is 3.60. The van der Waals surface area contributed by atoms with Crippen LogP contribution in [0.25, 0.3) is 0 Å². The van der Waals surface area contributed by atoms with Crippen molar-refractivity contribution in [2.75, 3.05) is 5.32 Å². The Balaban J connectivity index is 1.38. The average molecular weight is 456 g/mol. The number of rotatable bonds is 4. The molecular weight excluding hydrogens is 430 g/mol. The van der Waals surface area contributed by atoms with Crippen LogP contribution in [0.1, 0.15) is 45.1 Å². The Morgan fingerprint density at radius 1 is 1.09 bits per heavy atom. The molecule has 3 aliphatic rings. The van der Waals surface area contributed by atoms with E-state index in [1.807, 2.05) is 13.8 Å². The minimum atomic E-state index is -3.67. The van der Waals surface area contributed by atoms with Crippen LogP contribution < -0.4 is 19.5 Å². The van der Waals surface area contributed by atoms with Gasteiger partial charge in [0.15, 0.2) is 11.5 Å². The molecule has 1 amide bonds. The Morgan fingerprint density at radius 3 is 2.56 bits per heavy atom. The van der Waals surface area contributed by atoms with Gasteiger partial charge >= 0.3 is 0 Å². The van der Waals surface area contributed by atoms with Gasteiger partial charge in [0.1, 0.15) is 11.9 Å². The molecule has 1 aliphatic carbocycles. The Morgan fingerprint density at radius 2 is 1.81 bits per heavy atom. The van der Waals surface area contributed by atoms with Crippen LogP contribution in [0, 0.1) is 5.92 Å². The second-order valence-corrected chi connectivity index (χ2v) is 10.4. The van der Waals surface area contributed by atoms with E-state index in [0.717, 1.165) is 25.7 Å². The van der Waals surface area contributed by atoms with E-state index < -0.39 is 21.9 Å². The summed E-state index contributed by atoms with van der Waals surface area (Å²) in [6.07, 6.45) is 3.85. The predicted octanol–water partition coefficient (Wildman–Crippen LogP) is 3.43. The van der Waals surface area contributed by atoms with Gasteiger partial charge in [0, 0.05) is 30.2 Å². The molecule has 2 aromatic rings. The molecule has 1 unspecified atom stereocenters. The van der Waals surface area contributed by atoms with E-state index in [4.69, 9.17) is 9.47 Å². The molecule has 8 nitrogen and oxygen atoms in total. The molecule has 0 aromatic heterocycles. The van der Waals surface area contributed by atoms with Gasteiger partial charge in [0.05, 0.1) is 4.90 Å². The molecule has 2 N–H and O–H groups in total. The normalized spacial score (nSPS) is 21.5. The first-order valence-corrected chi connectivity index (χ1v) is 12.3. The average Bonchev–Trinajstić information content (AvgIpc) is 3.42. The number of carbonyl (C=O) groups excluding carboxylic acids is 1. The van der Waals surface area contributed by atoms with Crippen LogP contribution in [0.4, 0.5) is 5.69 Å². The number of ether oxygens (including phenoxy) is 2. The fourth-order valence-corrected chi connectivity index (χ4v) is 5.62. The fourth-order valence-electron chi connectivity index (χ4n) is 4.38. The SMILES string of the molecule is CC(C)C(N=C1NS(=O)(=O)c2ccccc21)C(=O)Nc1ccc2c(c1)OC1(CCCC1)O2. The third-order valence-electron chi connectivity index (χ3n) is 6.00. The molecule has 2 heterocycles. The van der Waals surface area contributed by atoms with E-state index in [1.54, 1.807) is 36.4 Å². The molecular formula is C23H25N3O5S. The molecule has 1 atom stereocenters. The lowest BCUT2D eigenvalue weighted by atomic mass is 10.0. The van der Waals surface area contributed by atoms with Gasteiger partial charge in [0.25, 0.3) is 15.8 Å². The zero-order valence-corrected chi connectivity index (χ0v) is 18.7. The maximum absolute atomic E-state index is 13.1. The van der Waals surface area contributed by atoms with Crippen molar-refractivity contribution >= 4 is 27.5 Å². The number of aliphatic imine (C=N–C) groups is 1. The summed E-state index contributed by atoms with van der Waals surface area (Å²) >= 11 is 0. The number of anilines is 1. The van der Waals surface area contributed by atoms with Gasteiger partial charge < -0.3 is 14.8 Å². The highest BCUT2D eigenvalue weighted by Crippen LogP contribution is 2.47. The molecule has 168 valence electrons. The topological polar surface area (TPSA) is 106 Å². The van der Waals surface area contributed by atoms with E-state index in [0.29, 0.717) is 22.7 Å². The number of amidine groups is 1. The van der Waals surface area contributed by atoms with Gasteiger partial charge in [-0.15, -0.1) is 0 Å². The van der Waals surface area contributed by atoms with Gasteiger partial charge in [-0.3, -0.25) is 14.5 Å².